The van der Waals surface area contributed by atoms with Gasteiger partial charge in [-0.25, -0.2) is 0 Å². The van der Waals surface area contributed by atoms with Crippen LogP contribution in [0.5, 0.6) is 11.5 Å². The fourth-order valence-corrected chi connectivity index (χ4v) is 2.60. The van der Waals surface area contributed by atoms with Crippen molar-refractivity contribution in [2.24, 2.45) is 0 Å². The number of hydrogen-bond donors (Lipinski definition) is 2. The Labute approximate surface area is 172 Å². The Kier molecular flexibility index (Phi) is 8.08. The molecule has 0 radical (unpaired) electrons. The highest BCUT2D eigenvalue weighted by atomic mass is 19.4. The van der Waals surface area contributed by atoms with Gasteiger partial charge in [-0.15, -0.1) is 0 Å². The van der Waals surface area contributed by atoms with Crippen LogP contribution in [0.15, 0.2) is 48.5 Å². The number of amides is 2. The molecular weight excluding hydrogens is 401 g/mol. The lowest BCUT2D eigenvalue weighted by Crippen LogP contribution is -2.43. The second-order valence-electron chi connectivity index (χ2n) is 6.39. The second kappa shape index (κ2) is 10.5. The van der Waals surface area contributed by atoms with Gasteiger partial charge in [0, 0.05) is 0 Å². The molecule has 162 valence electrons. The maximum Gasteiger partial charge on any atom is 0.419 e. The van der Waals surface area contributed by atoms with Crippen molar-refractivity contribution in [1.29, 1.82) is 0 Å². The Morgan fingerprint density at radius 3 is 2.30 bits per heavy atom. The number of nitrogens with one attached hydrogen (secondary N) is 2. The highest BCUT2D eigenvalue weighted by Gasteiger charge is 2.34. The monoisotopic (exact) mass is 424 g/mol. The number of carbonyl (C=O) groups is 2. The third-order valence-electron chi connectivity index (χ3n) is 3.93. The van der Waals surface area contributed by atoms with Crippen LogP contribution in [-0.2, 0) is 11.0 Å². The minimum absolute atomic E-state index is 0.167. The molecule has 0 spiro atoms. The Hall–Kier alpha value is -3.23. The molecular formula is C21H23F3N2O4. The van der Waals surface area contributed by atoms with E-state index in [0.29, 0.717) is 17.9 Å². The molecule has 2 aromatic rings. The fraction of sp³-hybridized carbons (Fsp3) is 0.333. The molecule has 2 aromatic carbocycles. The third-order valence-corrected chi connectivity index (χ3v) is 3.93. The van der Waals surface area contributed by atoms with Crippen molar-refractivity contribution in [2.45, 2.75) is 26.1 Å². The highest BCUT2D eigenvalue weighted by Crippen LogP contribution is 2.35. The van der Waals surface area contributed by atoms with E-state index >= 15 is 0 Å². The van der Waals surface area contributed by atoms with Crippen LogP contribution >= 0.6 is 0 Å². The van der Waals surface area contributed by atoms with Crippen LogP contribution in [0.3, 0.4) is 0 Å². The van der Waals surface area contributed by atoms with Crippen molar-refractivity contribution in [3.05, 3.63) is 59.7 Å². The summed E-state index contributed by atoms with van der Waals surface area (Å²) in [5, 5.41) is 5.05. The lowest BCUT2D eigenvalue weighted by atomic mass is 10.2. The SMILES string of the molecule is CCOc1ccccc1C(=O)NCC(=O)NC(C)COc1ccccc1C(F)(F)F. The quantitative estimate of drug-likeness (QED) is 0.647. The van der Waals surface area contributed by atoms with E-state index in [4.69, 9.17) is 9.47 Å². The number of carbonyl (C=O) groups excluding carboxylic acids is 2. The van der Waals surface area contributed by atoms with Gasteiger partial charge in [-0.2, -0.15) is 13.2 Å². The smallest absolute Gasteiger partial charge is 0.419 e. The Bertz CT molecular complexity index is 871. The zero-order valence-electron chi connectivity index (χ0n) is 16.6. The van der Waals surface area contributed by atoms with Crippen molar-refractivity contribution in [1.82, 2.24) is 10.6 Å². The zero-order chi connectivity index (χ0) is 22.1. The summed E-state index contributed by atoms with van der Waals surface area (Å²) in [6.07, 6.45) is -4.54. The normalized spacial score (nSPS) is 12.0. The topological polar surface area (TPSA) is 76.7 Å². The van der Waals surface area contributed by atoms with Gasteiger partial charge in [0.2, 0.25) is 5.91 Å². The van der Waals surface area contributed by atoms with E-state index in [1.165, 1.54) is 18.2 Å². The maximum atomic E-state index is 13.0. The minimum atomic E-state index is -4.54. The minimum Gasteiger partial charge on any atom is -0.493 e. The average molecular weight is 424 g/mol. The largest absolute Gasteiger partial charge is 0.493 e. The molecule has 0 aliphatic carbocycles. The molecule has 9 heteroatoms. The summed E-state index contributed by atoms with van der Waals surface area (Å²) in [7, 11) is 0. The third kappa shape index (κ3) is 6.68. The summed E-state index contributed by atoms with van der Waals surface area (Å²) in [6, 6.07) is 10.9. The van der Waals surface area contributed by atoms with Gasteiger partial charge in [0.15, 0.2) is 0 Å². The van der Waals surface area contributed by atoms with Gasteiger partial charge in [0.25, 0.3) is 5.91 Å². The molecule has 2 amide bonds. The fourth-order valence-electron chi connectivity index (χ4n) is 2.60. The molecule has 0 bridgehead atoms. The van der Waals surface area contributed by atoms with Crippen molar-refractivity contribution in [3.8, 4) is 11.5 Å². The Morgan fingerprint density at radius 2 is 1.63 bits per heavy atom. The molecule has 0 aromatic heterocycles. The number of ether oxygens (including phenoxy) is 2. The van der Waals surface area contributed by atoms with Crippen LogP contribution in [0.4, 0.5) is 13.2 Å². The molecule has 0 fully saturated rings. The van der Waals surface area contributed by atoms with Crippen molar-refractivity contribution in [2.75, 3.05) is 19.8 Å². The van der Waals surface area contributed by atoms with Gasteiger partial charge >= 0.3 is 6.18 Å². The van der Waals surface area contributed by atoms with E-state index in [9.17, 15) is 22.8 Å². The molecule has 30 heavy (non-hydrogen) atoms. The summed E-state index contributed by atoms with van der Waals surface area (Å²) >= 11 is 0. The summed E-state index contributed by atoms with van der Waals surface area (Å²) < 4.78 is 49.5. The van der Waals surface area contributed by atoms with E-state index < -0.39 is 29.6 Å². The first-order valence-electron chi connectivity index (χ1n) is 9.30. The molecule has 1 unspecified atom stereocenters. The van der Waals surface area contributed by atoms with E-state index in [1.807, 2.05) is 0 Å². The molecule has 1 atom stereocenters. The lowest BCUT2D eigenvalue weighted by Gasteiger charge is -2.18. The lowest BCUT2D eigenvalue weighted by molar-refractivity contribution is -0.139. The van der Waals surface area contributed by atoms with Crippen LogP contribution in [0.1, 0.15) is 29.8 Å². The number of para-hydroxylation sites is 2. The molecule has 2 rings (SSSR count). The van der Waals surface area contributed by atoms with Gasteiger partial charge in [0.1, 0.15) is 18.1 Å². The van der Waals surface area contributed by atoms with Crippen LogP contribution < -0.4 is 20.1 Å². The predicted molar refractivity (Wildman–Crippen MR) is 104 cm³/mol. The first-order chi connectivity index (χ1) is 14.2. The second-order valence-corrected chi connectivity index (χ2v) is 6.39. The zero-order valence-corrected chi connectivity index (χ0v) is 16.6. The number of rotatable bonds is 9. The van der Waals surface area contributed by atoms with Crippen molar-refractivity contribution < 1.29 is 32.2 Å². The van der Waals surface area contributed by atoms with E-state index in [2.05, 4.69) is 10.6 Å². The van der Waals surface area contributed by atoms with Gasteiger partial charge in [-0.1, -0.05) is 24.3 Å². The van der Waals surface area contributed by atoms with Gasteiger partial charge < -0.3 is 20.1 Å². The maximum absolute atomic E-state index is 13.0. The summed E-state index contributed by atoms with van der Waals surface area (Å²) in [5.41, 5.74) is -0.587. The molecule has 2 N–H and O–H groups in total. The number of alkyl halides is 3. The van der Waals surface area contributed by atoms with Crippen LogP contribution in [0.25, 0.3) is 0 Å². The first-order valence-corrected chi connectivity index (χ1v) is 9.30. The van der Waals surface area contributed by atoms with E-state index in [-0.39, 0.29) is 18.9 Å². The number of halogens is 3. The molecule has 0 aliphatic rings. The standard InChI is InChI=1S/C21H23F3N2O4/c1-3-29-17-10-6-4-8-15(17)20(28)25-12-19(27)26-14(2)13-30-18-11-7-5-9-16(18)21(22,23)24/h4-11,14H,3,12-13H2,1-2H3,(H,25,28)(H,26,27). The Morgan fingerprint density at radius 1 is 1.00 bits per heavy atom. The van der Waals surface area contributed by atoms with Crippen molar-refractivity contribution >= 4 is 11.8 Å². The predicted octanol–water partition coefficient (Wildman–Crippen LogP) is 3.42. The first kappa shape index (κ1) is 23.1. The Balaban J connectivity index is 1.84. The van der Waals surface area contributed by atoms with Crippen LogP contribution in [-0.4, -0.2) is 37.6 Å². The van der Waals surface area contributed by atoms with E-state index in [0.717, 1.165) is 6.07 Å². The van der Waals surface area contributed by atoms with Gasteiger partial charge in [0.05, 0.1) is 30.3 Å². The average Bonchev–Trinajstić information content (AvgIpc) is 2.70. The molecule has 0 saturated carbocycles. The van der Waals surface area contributed by atoms with Crippen molar-refractivity contribution in [3.63, 3.8) is 0 Å². The van der Waals surface area contributed by atoms with Crippen LogP contribution in [0, 0.1) is 0 Å². The molecule has 6 nitrogen and oxygen atoms in total. The number of benzene rings is 2. The van der Waals surface area contributed by atoms with Gasteiger partial charge in [-0.05, 0) is 38.1 Å². The molecule has 0 aliphatic heterocycles. The molecule has 0 heterocycles. The summed E-state index contributed by atoms with van der Waals surface area (Å²) in [4.78, 5) is 24.3. The molecule has 0 saturated heterocycles. The highest BCUT2D eigenvalue weighted by molar-refractivity contribution is 5.98. The summed E-state index contributed by atoms with van der Waals surface area (Å²) in [5.74, 6) is -0.885. The van der Waals surface area contributed by atoms with Gasteiger partial charge in [-0.3, -0.25) is 9.59 Å². The summed E-state index contributed by atoms with van der Waals surface area (Å²) in [6.45, 7) is 3.29. The number of hydrogen-bond acceptors (Lipinski definition) is 4. The van der Waals surface area contributed by atoms with E-state index in [1.54, 1.807) is 38.1 Å². The van der Waals surface area contributed by atoms with Crippen LogP contribution in [0.2, 0.25) is 0 Å².